The van der Waals surface area contributed by atoms with Crippen LogP contribution in [0.5, 0.6) is 5.75 Å². The molecule has 10 heteroatoms. The molecule has 0 fully saturated rings. The third-order valence-electron chi connectivity index (χ3n) is 5.52. The lowest BCUT2D eigenvalue weighted by Gasteiger charge is -2.12. The van der Waals surface area contributed by atoms with Crippen LogP contribution in [0.25, 0.3) is 27.8 Å². The SMILES string of the molecule is O=C(CSc1n[nH]c(-c2ccc(Cl)cc2)[n+]1-c1ccc(Cl)cc1)NN=Cc1c([O-])ccc2ccccc12. The van der Waals surface area contributed by atoms with E-state index in [0.717, 1.165) is 27.8 Å². The number of amides is 1. The molecule has 2 N–H and O–H groups in total. The van der Waals surface area contributed by atoms with Crippen molar-refractivity contribution in [2.45, 2.75) is 5.16 Å². The van der Waals surface area contributed by atoms with Crippen LogP contribution >= 0.6 is 35.0 Å². The molecular formula is C27H19Cl2N5O2S. The highest BCUT2D eigenvalue weighted by molar-refractivity contribution is 7.99. The summed E-state index contributed by atoms with van der Waals surface area (Å²) in [6.45, 7) is 0. The van der Waals surface area contributed by atoms with Crippen LogP contribution in [-0.2, 0) is 4.79 Å². The number of nitrogens with one attached hydrogen (secondary N) is 2. The molecular weight excluding hydrogens is 529 g/mol. The van der Waals surface area contributed by atoms with Gasteiger partial charge in [0.25, 0.3) is 11.7 Å². The van der Waals surface area contributed by atoms with Crippen molar-refractivity contribution in [1.82, 2.24) is 15.6 Å². The van der Waals surface area contributed by atoms with Gasteiger partial charge in [0.15, 0.2) is 0 Å². The highest BCUT2D eigenvalue weighted by atomic mass is 35.5. The third kappa shape index (κ3) is 5.61. The van der Waals surface area contributed by atoms with Gasteiger partial charge in [0.05, 0.1) is 22.6 Å². The zero-order chi connectivity index (χ0) is 25.8. The Labute approximate surface area is 226 Å². The van der Waals surface area contributed by atoms with Crippen molar-refractivity contribution in [2.75, 3.05) is 5.75 Å². The molecule has 37 heavy (non-hydrogen) atoms. The van der Waals surface area contributed by atoms with Gasteiger partial charge in [-0.15, -0.1) is 5.10 Å². The number of aromatic nitrogens is 3. The van der Waals surface area contributed by atoms with Crippen LogP contribution in [0.15, 0.2) is 95.2 Å². The summed E-state index contributed by atoms with van der Waals surface area (Å²) in [5.41, 5.74) is 4.61. The molecule has 1 aromatic heterocycles. The van der Waals surface area contributed by atoms with E-state index in [1.165, 1.54) is 24.0 Å². The predicted molar refractivity (Wildman–Crippen MR) is 145 cm³/mol. The summed E-state index contributed by atoms with van der Waals surface area (Å²) >= 11 is 13.4. The molecule has 0 bridgehead atoms. The van der Waals surface area contributed by atoms with Gasteiger partial charge in [-0.3, -0.25) is 4.79 Å². The van der Waals surface area contributed by atoms with Gasteiger partial charge in [-0.1, -0.05) is 65.3 Å². The van der Waals surface area contributed by atoms with Gasteiger partial charge in [0.2, 0.25) is 0 Å². The molecule has 0 aliphatic carbocycles. The van der Waals surface area contributed by atoms with Crippen LogP contribution in [0.1, 0.15) is 5.56 Å². The molecule has 7 nitrogen and oxygen atoms in total. The minimum atomic E-state index is -0.340. The van der Waals surface area contributed by atoms with Crippen LogP contribution in [0.3, 0.4) is 0 Å². The molecule has 1 heterocycles. The van der Waals surface area contributed by atoms with Crippen molar-refractivity contribution in [2.24, 2.45) is 5.10 Å². The number of carbonyl (C=O) groups excluding carboxylic acids is 1. The normalized spacial score (nSPS) is 11.3. The molecule has 4 aromatic carbocycles. The van der Waals surface area contributed by atoms with Crippen molar-refractivity contribution in [3.63, 3.8) is 0 Å². The summed E-state index contributed by atoms with van der Waals surface area (Å²) in [5, 5.41) is 27.3. The first kappa shape index (κ1) is 24.8. The van der Waals surface area contributed by atoms with Crippen molar-refractivity contribution < 1.29 is 14.5 Å². The number of hydrogen-bond acceptors (Lipinski definition) is 5. The van der Waals surface area contributed by atoms with Crippen LogP contribution in [0, 0.1) is 0 Å². The smallest absolute Gasteiger partial charge is 0.342 e. The fraction of sp³-hybridized carbons (Fsp3) is 0.0370. The molecule has 0 saturated heterocycles. The number of aromatic amines is 1. The van der Waals surface area contributed by atoms with Gasteiger partial charge in [-0.25, -0.2) is 5.43 Å². The van der Waals surface area contributed by atoms with E-state index in [4.69, 9.17) is 23.2 Å². The third-order valence-corrected chi connectivity index (χ3v) is 6.96. The first-order valence-electron chi connectivity index (χ1n) is 11.2. The van der Waals surface area contributed by atoms with E-state index >= 15 is 0 Å². The summed E-state index contributed by atoms with van der Waals surface area (Å²) in [7, 11) is 0. The first-order valence-corrected chi connectivity index (χ1v) is 12.9. The highest BCUT2D eigenvalue weighted by Crippen LogP contribution is 2.24. The van der Waals surface area contributed by atoms with E-state index in [0.29, 0.717) is 20.8 Å². The van der Waals surface area contributed by atoms with Gasteiger partial charge < -0.3 is 5.11 Å². The topological polar surface area (TPSA) is 97.1 Å². The van der Waals surface area contributed by atoms with Crippen LogP contribution in [0.2, 0.25) is 10.0 Å². The number of thioether (sulfide) groups is 1. The highest BCUT2D eigenvalue weighted by Gasteiger charge is 2.24. The Bertz CT molecular complexity index is 1600. The van der Waals surface area contributed by atoms with Gasteiger partial charge in [0, 0.05) is 10.0 Å². The van der Waals surface area contributed by atoms with Crippen molar-refractivity contribution >= 4 is 57.9 Å². The Hall–Kier alpha value is -3.85. The zero-order valence-electron chi connectivity index (χ0n) is 19.2. The molecule has 0 aliphatic heterocycles. The van der Waals surface area contributed by atoms with Gasteiger partial charge in [-0.2, -0.15) is 9.67 Å². The number of hydrazone groups is 1. The maximum atomic E-state index is 12.6. The number of nitrogens with zero attached hydrogens (tertiary/aromatic N) is 3. The quantitative estimate of drug-likeness (QED) is 0.128. The molecule has 5 aromatic rings. The lowest BCUT2D eigenvalue weighted by atomic mass is 10.0. The summed E-state index contributed by atoms with van der Waals surface area (Å²) in [6.07, 6.45) is 1.38. The van der Waals surface area contributed by atoms with Gasteiger partial charge >= 0.3 is 5.16 Å². The van der Waals surface area contributed by atoms with E-state index < -0.39 is 0 Å². The minimum Gasteiger partial charge on any atom is -0.872 e. The number of fused-ring (bicyclic) bond motifs is 1. The molecule has 184 valence electrons. The van der Waals surface area contributed by atoms with Gasteiger partial charge in [0.1, 0.15) is 5.69 Å². The Morgan fingerprint density at radius 2 is 1.70 bits per heavy atom. The monoisotopic (exact) mass is 547 g/mol. The van der Waals surface area contributed by atoms with Crippen LogP contribution in [0.4, 0.5) is 0 Å². The number of rotatable bonds is 7. The van der Waals surface area contributed by atoms with E-state index in [1.54, 1.807) is 30.3 Å². The second-order valence-corrected chi connectivity index (χ2v) is 9.77. The molecule has 0 aliphatic rings. The van der Waals surface area contributed by atoms with E-state index in [-0.39, 0.29) is 17.4 Å². The van der Waals surface area contributed by atoms with Crippen molar-refractivity contribution in [3.8, 4) is 22.8 Å². The summed E-state index contributed by atoms with van der Waals surface area (Å²) < 4.78 is 1.90. The molecule has 0 atom stereocenters. The second-order valence-electron chi connectivity index (χ2n) is 7.95. The molecule has 0 spiro atoms. The van der Waals surface area contributed by atoms with Crippen molar-refractivity contribution in [3.05, 3.63) is 101 Å². The fourth-order valence-corrected chi connectivity index (χ4v) is 4.78. The molecule has 1 amide bonds. The molecule has 5 rings (SSSR count). The Kier molecular flexibility index (Phi) is 7.41. The van der Waals surface area contributed by atoms with E-state index in [2.05, 4.69) is 20.7 Å². The minimum absolute atomic E-state index is 0.0512. The molecule has 0 radical (unpaired) electrons. The largest absolute Gasteiger partial charge is 0.872 e. The molecule has 0 saturated carbocycles. The van der Waals surface area contributed by atoms with Gasteiger partial charge in [-0.05, 0) is 76.6 Å². The van der Waals surface area contributed by atoms with E-state index in [9.17, 15) is 9.90 Å². The zero-order valence-corrected chi connectivity index (χ0v) is 21.5. The maximum Gasteiger partial charge on any atom is 0.342 e. The first-order chi connectivity index (χ1) is 18.0. The second kappa shape index (κ2) is 11.0. The van der Waals surface area contributed by atoms with E-state index in [1.807, 2.05) is 53.1 Å². The summed E-state index contributed by atoms with van der Waals surface area (Å²) in [4.78, 5) is 12.6. The average Bonchev–Trinajstić information content (AvgIpc) is 3.33. The molecule has 0 unspecified atom stereocenters. The number of carbonyl (C=O) groups is 1. The van der Waals surface area contributed by atoms with Crippen molar-refractivity contribution in [1.29, 1.82) is 0 Å². The fourth-order valence-electron chi connectivity index (χ4n) is 3.76. The predicted octanol–water partition coefficient (Wildman–Crippen LogP) is 5.13. The summed E-state index contributed by atoms with van der Waals surface area (Å²) in [5.74, 6) is 0.267. The van der Waals surface area contributed by atoms with Crippen LogP contribution in [-0.4, -0.2) is 28.1 Å². The lowest BCUT2D eigenvalue weighted by Crippen LogP contribution is -2.34. The Balaban J connectivity index is 1.34. The number of benzene rings is 4. The number of halogens is 2. The summed E-state index contributed by atoms with van der Waals surface area (Å²) in [6, 6.07) is 25.5. The maximum absolute atomic E-state index is 12.6. The number of hydrogen-bond donors (Lipinski definition) is 2. The average molecular weight is 548 g/mol. The lowest BCUT2D eigenvalue weighted by molar-refractivity contribution is -0.625. The Morgan fingerprint density at radius 1 is 1.00 bits per heavy atom. The Morgan fingerprint density at radius 3 is 2.46 bits per heavy atom. The van der Waals surface area contributed by atoms with Crippen LogP contribution < -0.4 is 15.1 Å². The number of H-pyrrole nitrogens is 1. The standard InChI is InChI=1S/C27H19Cl2N5O2S/c28-19-8-5-18(6-9-19)26-32-33-27(34(26)21-12-10-20(29)11-13-21)37-16-25(36)31-30-15-23-22-4-2-1-3-17(22)7-14-24(23)35/h1-15H,16H2,(H2,30,31,35,36).